The van der Waals surface area contributed by atoms with Crippen molar-refractivity contribution in [1.29, 1.82) is 0 Å². The van der Waals surface area contributed by atoms with Crippen LogP contribution in [0, 0.1) is 17.3 Å². The minimum absolute atomic E-state index is 0.148. The summed E-state index contributed by atoms with van der Waals surface area (Å²) in [5.41, 5.74) is 6.96. The molecule has 1 aromatic rings. The number of carbonyl (C=O) groups is 1. The highest BCUT2D eigenvalue weighted by atomic mass is 16.1. The quantitative estimate of drug-likeness (QED) is 0.785. The number of carbonyl (C=O) groups excluding carboxylic acids is 1. The zero-order valence-electron chi connectivity index (χ0n) is 15.8. The summed E-state index contributed by atoms with van der Waals surface area (Å²) in [6, 6.07) is 0.437. The van der Waals surface area contributed by atoms with Gasteiger partial charge in [0.15, 0.2) is 0 Å². The first kappa shape index (κ1) is 18.2. The molecule has 0 radical (unpaired) electrons. The lowest BCUT2D eigenvalue weighted by Gasteiger charge is -2.29. The van der Waals surface area contributed by atoms with E-state index in [4.69, 9.17) is 10.7 Å². The normalized spacial score (nSPS) is 24.1. The fourth-order valence-corrected chi connectivity index (χ4v) is 4.17. The van der Waals surface area contributed by atoms with Gasteiger partial charge in [0.05, 0.1) is 11.3 Å². The average molecular weight is 345 g/mol. The minimum atomic E-state index is -0.434. The first-order chi connectivity index (χ1) is 11.9. The second kappa shape index (κ2) is 7.30. The predicted octanol–water partition coefficient (Wildman–Crippen LogP) is 3.93. The van der Waals surface area contributed by atoms with Gasteiger partial charge in [-0.15, -0.1) is 0 Å². The number of aromatic nitrogens is 2. The van der Waals surface area contributed by atoms with E-state index in [1.54, 1.807) is 6.20 Å². The number of rotatable bonds is 7. The first-order valence-corrected chi connectivity index (χ1v) is 9.81. The maximum Gasteiger partial charge on any atom is 0.252 e. The average Bonchev–Trinajstić information content (AvgIpc) is 3.40. The van der Waals surface area contributed by atoms with Gasteiger partial charge in [0.25, 0.3) is 5.91 Å². The summed E-state index contributed by atoms with van der Waals surface area (Å²) in [4.78, 5) is 20.8. The molecule has 2 aliphatic carbocycles. The summed E-state index contributed by atoms with van der Waals surface area (Å²) in [5.74, 6) is 1.80. The minimum Gasteiger partial charge on any atom is -0.365 e. The van der Waals surface area contributed by atoms with Crippen molar-refractivity contribution in [2.45, 2.75) is 78.2 Å². The Morgan fingerprint density at radius 3 is 2.48 bits per heavy atom. The molecule has 2 saturated carbocycles. The molecule has 0 atom stereocenters. The highest BCUT2D eigenvalue weighted by Gasteiger charge is 2.38. The molecule has 5 nitrogen and oxygen atoms in total. The number of nitrogens with two attached hydrogens (primary N) is 1. The molecule has 25 heavy (non-hydrogen) atoms. The van der Waals surface area contributed by atoms with Crippen molar-refractivity contribution in [3.8, 4) is 0 Å². The third-order valence-electron chi connectivity index (χ3n) is 6.20. The van der Waals surface area contributed by atoms with E-state index in [-0.39, 0.29) is 5.41 Å². The van der Waals surface area contributed by atoms with Crippen LogP contribution in [-0.2, 0) is 6.42 Å². The number of nitrogens with zero attached hydrogens (tertiary/aromatic N) is 2. The number of primary amides is 1. The maximum atomic E-state index is 11.8. The Labute approximate surface area is 151 Å². The van der Waals surface area contributed by atoms with E-state index in [2.05, 4.69) is 31.1 Å². The lowest BCUT2D eigenvalue weighted by Crippen LogP contribution is -2.28. The molecule has 138 valence electrons. The van der Waals surface area contributed by atoms with E-state index in [1.165, 1.54) is 44.9 Å². The molecule has 1 amide bonds. The molecule has 0 aliphatic heterocycles. The van der Waals surface area contributed by atoms with Crippen LogP contribution in [0.1, 0.15) is 81.8 Å². The van der Waals surface area contributed by atoms with Crippen LogP contribution < -0.4 is 11.1 Å². The summed E-state index contributed by atoms with van der Waals surface area (Å²) < 4.78 is 0. The Bertz CT molecular complexity index is 616. The predicted molar refractivity (Wildman–Crippen MR) is 100 cm³/mol. The molecule has 0 bridgehead atoms. The Morgan fingerprint density at radius 1 is 1.24 bits per heavy atom. The summed E-state index contributed by atoms with van der Waals surface area (Å²) in [6.07, 6.45) is 11.1. The topological polar surface area (TPSA) is 80.9 Å². The number of amides is 1. The molecule has 0 aromatic carbocycles. The van der Waals surface area contributed by atoms with Crippen LogP contribution in [0.2, 0.25) is 0 Å². The van der Waals surface area contributed by atoms with Crippen LogP contribution in [-0.4, -0.2) is 21.9 Å². The maximum absolute atomic E-state index is 11.8. The van der Waals surface area contributed by atoms with E-state index >= 15 is 0 Å². The summed E-state index contributed by atoms with van der Waals surface area (Å²) in [6.45, 7) is 6.80. The molecule has 1 heterocycles. The molecule has 1 aromatic heterocycles. The van der Waals surface area contributed by atoms with Crippen molar-refractivity contribution in [3.63, 3.8) is 0 Å². The van der Waals surface area contributed by atoms with Gasteiger partial charge in [-0.1, -0.05) is 27.2 Å². The number of hydrogen-bond acceptors (Lipinski definition) is 4. The van der Waals surface area contributed by atoms with Crippen molar-refractivity contribution in [2.75, 3.05) is 5.32 Å². The van der Waals surface area contributed by atoms with Crippen molar-refractivity contribution >= 4 is 11.9 Å². The van der Waals surface area contributed by atoms with E-state index < -0.39 is 5.91 Å². The molecular formula is C20H32N4O. The summed E-state index contributed by atoms with van der Waals surface area (Å²) >= 11 is 0. The molecule has 3 rings (SSSR count). The standard InChI is InChI=1S/C20H32N4O/c1-4-13-5-9-15(10-6-13)23-19-22-12-16(18(21)25)17(24-19)11-20(2,3)14-7-8-14/h12-15H,4-11H2,1-3H3,(H2,21,25)(H,22,23,24). The largest absolute Gasteiger partial charge is 0.365 e. The second-order valence-electron chi connectivity index (χ2n) is 8.63. The molecule has 0 unspecified atom stereocenters. The number of nitrogens with one attached hydrogen (secondary N) is 1. The van der Waals surface area contributed by atoms with Gasteiger partial charge < -0.3 is 11.1 Å². The third-order valence-corrected chi connectivity index (χ3v) is 6.20. The van der Waals surface area contributed by atoms with Crippen LogP contribution in [0.5, 0.6) is 0 Å². The van der Waals surface area contributed by atoms with Crippen LogP contribution in [0.25, 0.3) is 0 Å². The van der Waals surface area contributed by atoms with Crippen LogP contribution in [0.3, 0.4) is 0 Å². The Morgan fingerprint density at radius 2 is 1.92 bits per heavy atom. The first-order valence-electron chi connectivity index (χ1n) is 9.81. The molecule has 5 heteroatoms. The fraction of sp³-hybridized carbons (Fsp3) is 0.750. The Hall–Kier alpha value is -1.65. The third kappa shape index (κ3) is 4.50. The number of hydrogen-bond donors (Lipinski definition) is 2. The smallest absolute Gasteiger partial charge is 0.252 e. The molecule has 0 saturated heterocycles. The van der Waals surface area contributed by atoms with Gasteiger partial charge >= 0.3 is 0 Å². The highest BCUT2D eigenvalue weighted by molar-refractivity contribution is 5.93. The van der Waals surface area contributed by atoms with Crippen LogP contribution in [0.4, 0.5) is 5.95 Å². The van der Waals surface area contributed by atoms with E-state index in [9.17, 15) is 4.79 Å². The second-order valence-corrected chi connectivity index (χ2v) is 8.63. The molecule has 2 aliphatic rings. The molecular weight excluding hydrogens is 312 g/mol. The Kier molecular flexibility index (Phi) is 5.30. The van der Waals surface area contributed by atoms with E-state index in [0.29, 0.717) is 17.6 Å². The molecule has 3 N–H and O–H groups in total. The van der Waals surface area contributed by atoms with Gasteiger partial charge in [0.1, 0.15) is 0 Å². The van der Waals surface area contributed by atoms with Crippen molar-refractivity contribution in [1.82, 2.24) is 9.97 Å². The van der Waals surface area contributed by atoms with Gasteiger partial charge in [-0.05, 0) is 62.2 Å². The van der Waals surface area contributed by atoms with Crippen molar-refractivity contribution in [3.05, 3.63) is 17.5 Å². The zero-order valence-corrected chi connectivity index (χ0v) is 15.8. The number of anilines is 1. The van der Waals surface area contributed by atoms with Crippen molar-refractivity contribution < 1.29 is 4.79 Å². The lowest BCUT2D eigenvalue weighted by atomic mass is 9.81. The van der Waals surface area contributed by atoms with Gasteiger partial charge in [0.2, 0.25) is 5.95 Å². The zero-order chi connectivity index (χ0) is 18.0. The van der Waals surface area contributed by atoms with Gasteiger partial charge in [-0.2, -0.15) is 0 Å². The van der Waals surface area contributed by atoms with Crippen LogP contribution >= 0.6 is 0 Å². The van der Waals surface area contributed by atoms with E-state index in [1.807, 2.05) is 0 Å². The monoisotopic (exact) mass is 344 g/mol. The summed E-state index contributed by atoms with van der Waals surface area (Å²) in [7, 11) is 0. The summed E-state index contributed by atoms with van der Waals surface area (Å²) in [5, 5.41) is 3.49. The fourth-order valence-electron chi connectivity index (χ4n) is 4.17. The van der Waals surface area contributed by atoms with Gasteiger partial charge in [-0.3, -0.25) is 4.79 Å². The van der Waals surface area contributed by atoms with E-state index in [0.717, 1.165) is 24.0 Å². The lowest BCUT2D eigenvalue weighted by molar-refractivity contribution is 0.0998. The van der Waals surface area contributed by atoms with Gasteiger partial charge in [-0.25, -0.2) is 9.97 Å². The SMILES string of the molecule is CCC1CCC(Nc2ncc(C(N)=O)c(CC(C)(C)C3CC3)n2)CC1. The highest BCUT2D eigenvalue weighted by Crippen LogP contribution is 2.47. The molecule has 0 spiro atoms. The van der Waals surface area contributed by atoms with Crippen molar-refractivity contribution in [2.24, 2.45) is 23.0 Å². The Balaban J connectivity index is 1.72. The van der Waals surface area contributed by atoms with Crippen LogP contribution in [0.15, 0.2) is 6.20 Å². The van der Waals surface area contributed by atoms with Gasteiger partial charge in [0, 0.05) is 12.2 Å². The molecule has 2 fully saturated rings.